The maximum absolute atomic E-state index is 13.2. The molecule has 2 amide bonds. The van der Waals surface area contributed by atoms with E-state index < -0.39 is 21.5 Å². The Morgan fingerprint density at radius 3 is 2.41 bits per heavy atom. The van der Waals surface area contributed by atoms with E-state index in [4.69, 9.17) is 9.94 Å². The van der Waals surface area contributed by atoms with E-state index in [0.29, 0.717) is 36.3 Å². The van der Waals surface area contributed by atoms with E-state index in [9.17, 15) is 13.8 Å². The molecule has 10 heteroatoms. The van der Waals surface area contributed by atoms with Crippen LogP contribution in [0.4, 0.5) is 0 Å². The summed E-state index contributed by atoms with van der Waals surface area (Å²) in [6.45, 7) is 5.35. The van der Waals surface area contributed by atoms with Crippen molar-refractivity contribution in [1.82, 2.24) is 20.8 Å². The number of hydroxylamine groups is 1. The topological polar surface area (TPSA) is 131 Å². The lowest BCUT2D eigenvalue weighted by Gasteiger charge is -2.33. The Morgan fingerprint density at radius 2 is 1.84 bits per heavy atom. The predicted molar refractivity (Wildman–Crippen MR) is 118 cm³/mol. The van der Waals surface area contributed by atoms with Gasteiger partial charge in [-0.15, -0.1) is 0 Å². The Morgan fingerprint density at radius 1 is 1.16 bits per heavy atom. The molecule has 1 aromatic heterocycles. The number of nitrogens with zero attached hydrogens (tertiary/aromatic N) is 2. The third kappa shape index (κ3) is 5.37. The highest BCUT2D eigenvalue weighted by molar-refractivity contribution is 7.87. The molecule has 0 bridgehead atoms. The van der Waals surface area contributed by atoms with Crippen LogP contribution in [0, 0.1) is 5.92 Å². The molecule has 0 spiro atoms. The SMILES string of the molecule is CC(C)CCNC(=O)c1cnc(-c2ccc(S(=O)C3(C(=O)NO)CCOCC3)cc2)cn1. The normalized spacial score (nSPS) is 16.4. The lowest BCUT2D eigenvalue weighted by atomic mass is 9.98. The summed E-state index contributed by atoms with van der Waals surface area (Å²) in [5.74, 6) is -0.434. The summed E-state index contributed by atoms with van der Waals surface area (Å²) < 4.78 is 17.3. The summed E-state index contributed by atoms with van der Waals surface area (Å²) >= 11 is 0. The molecule has 32 heavy (non-hydrogen) atoms. The van der Waals surface area contributed by atoms with Crippen molar-refractivity contribution in [3.63, 3.8) is 0 Å². The maximum Gasteiger partial charge on any atom is 0.271 e. The number of hydrogen-bond acceptors (Lipinski definition) is 7. The smallest absolute Gasteiger partial charge is 0.271 e. The van der Waals surface area contributed by atoms with Crippen LogP contribution in [0.3, 0.4) is 0 Å². The van der Waals surface area contributed by atoms with Gasteiger partial charge in [0.2, 0.25) is 0 Å². The first-order valence-electron chi connectivity index (χ1n) is 10.5. The molecular formula is C22H28N4O5S. The van der Waals surface area contributed by atoms with Gasteiger partial charge in [0, 0.05) is 30.2 Å². The molecule has 0 saturated carbocycles. The van der Waals surface area contributed by atoms with Crippen molar-refractivity contribution in [2.24, 2.45) is 5.92 Å². The first-order valence-corrected chi connectivity index (χ1v) is 11.7. The Bertz CT molecular complexity index is 957. The summed E-state index contributed by atoms with van der Waals surface area (Å²) in [7, 11) is -1.68. The molecule has 2 heterocycles. The zero-order valence-corrected chi connectivity index (χ0v) is 19.0. The number of rotatable bonds is 8. The highest BCUT2D eigenvalue weighted by Crippen LogP contribution is 2.32. The highest BCUT2D eigenvalue weighted by Gasteiger charge is 2.46. The molecular weight excluding hydrogens is 432 g/mol. The fraction of sp³-hybridized carbons (Fsp3) is 0.455. The molecule has 2 aromatic rings. The van der Waals surface area contributed by atoms with Crippen LogP contribution in [0.2, 0.25) is 0 Å². The van der Waals surface area contributed by atoms with Gasteiger partial charge in [0.15, 0.2) is 0 Å². The second kappa shape index (κ2) is 10.8. The van der Waals surface area contributed by atoms with Crippen LogP contribution in [-0.2, 0) is 20.3 Å². The number of nitrogens with one attached hydrogen (secondary N) is 2. The van der Waals surface area contributed by atoms with E-state index in [1.807, 2.05) is 0 Å². The number of carbonyl (C=O) groups is 2. The van der Waals surface area contributed by atoms with Gasteiger partial charge in [-0.05, 0) is 37.3 Å². The van der Waals surface area contributed by atoms with Gasteiger partial charge in [0.05, 0.1) is 28.9 Å². The van der Waals surface area contributed by atoms with Crippen molar-refractivity contribution in [1.29, 1.82) is 0 Å². The zero-order valence-electron chi connectivity index (χ0n) is 18.2. The number of hydrogen-bond donors (Lipinski definition) is 3. The van der Waals surface area contributed by atoms with Crippen LogP contribution < -0.4 is 10.8 Å². The zero-order chi connectivity index (χ0) is 23.1. The lowest BCUT2D eigenvalue weighted by molar-refractivity contribution is -0.134. The van der Waals surface area contributed by atoms with Crippen LogP contribution in [-0.4, -0.2) is 55.7 Å². The Labute approximate surface area is 189 Å². The van der Waals surface area contributed by atoms with E-state index >= 15 is 0 Å². The quantitative estimate of drug-likeness (QED) is 0.406. The molecule has 1 aromatic carbocycles. The molecule has 1 saturated heterocycles. The van der Waals surface area contributed by atoms with Crippen molar-refractivity contribution >= 4 is 22.6 Å². The van der Waals surface area contributed by atoms with Crippen molar-refractivity contribution in [2.45, 2.75) is 42.8 Å². The molecule has 0 radical (unpaired) electrons. The number of aromatic nitrogens is 2. The van der Waals surface area contributed by atoms with Gasteiger partial charge < -0.3 is 10.1 Å². The van der Waals surface area contributed by atoms with Gasteiger partial charge in [0.25, 0.3) is 11.8 Å². The molecule has 1 aliphatic heterocycles. The van der Waals surface area contributed by atoms with Crippen LogP contribution in [0.1, 0.15) is 43.6 Å². The van der Waals surface area contributed by atoms with Crippen molar-refractivity contribution in [3.8, 4) is 11.3 Å². The average molecular weight is 461 g/mol. The number of carbonyl (C=O) groups excluding carboxylic acids is 2. The molecule has 1 atom stereocenters. The van der Waals surface area contributed by atoms with Crippen molar-refractivity contribution in [3.05, 3.63) is 42.4 Å². The second-order valence-corrected chi connectivity index (χ2v) is 9.86. The van der Waals surface area contributed by atoms with Crippen LogP contribution in [0.15, 0.2) is 41.6 Å². The summed E-state index contributed by atoms with van der Waals surface area (Å²) in [5, 5.41) is 12.0. The molecule has 1 aliphatic rings. The second-order valence-electron chi connectivity index (χ2n) is 8.07. The Hall–Kier alpha value is -2.69. The molecule has 1 unspecified atom stereocenters. The van der Waals surface area contributed by atoms with Gasteiger partial charge in [0.1, 0.15) is 10.4 Å². The fourth-order valence-electron chi connectivity index (χ4n) is 3.43. The molecule has 0 aliphatic carbocycles. The highest BCUT2D eigenvalue weighted by atomic mass is 32.2. The first kappa shape index (κ1) is 24.0. The van der Waals surface area contributed by atoms with Crippen LogP contribution in [0.5, 0.6) is 0 Å². The third-order valence-corrected chi connectivity index (χ3v) is 7.43. The number of benzene rings is 1. The van der Waals surface area contributed by atoms with Gasteiger partial charge in [-0.2, -0.15) is 0 Å². The minimum atomic E-state index is -1.68. The minimum Gasteiger partial charge on any atom is -0.381 e. The summed E-state index contributed by atoms with van der Waals surface area (Å²) in [4.78, 5) is 33.5. The largest absolute Gasteiger partial charge is 0.381 e. The van der Waals surface area contributed by atoms with Gasteiger partial charge >= 0.3 is 0 Å². The molecule has 3 rings (SSSR count). The predicted octanol–water partition coefficient (Wildman–Crippen LogP) is 2.08. The van der Waals surface area contributed by atoms with Gasteiger partial charge in [-0.25, -0.2) is 10.5 Å². The van der Waals surface area contributed by atoms with Crippen molar-refractivity contribution < 1.29 is 23.7 Å². The van der Waals surface area contributed by atoms with E-state index in [-0.39, 0.29) is 24.4 Å². The third-order valence-electron chi connectivity index (χ3n) is 5.43. The monoisotopic (exact) mass is 460 g/mol. The number of ether oxygens (including phenoxy) is 1. The van der Waals surface area contributed by atoms with E-state index in [1.54, 1.807) is 29.7 Å². The summed E-state index contributed by atoms with van der Waals surface area (Å²) in [5.41, 5.74) is 3.20. The first-order chi connectivity index (χ1) is 15.4. The van der Waals surface area contributed by atoms with Gasteiger partial charge in [-0.3, -0.25) is 24.0 Å². The fourth-order valence-corrected chi connectivity index (χ4v) is 5.02. The molecule has 3 N–H and O–H groups in total. The van der Waals surface area contributed by atoms with Crippen LogP contribution >= 0.6 is 0 Å². The van der Waals surface area contributed by atoms with Crippen LogP contribution in [0.25, 0.3) is 11.3 Å². The lowest BCUT2D eigenvalue weighted by Crippen LogP contribution is -2.52. The standard InChI is InChI=1S/C22H28N4O5S/c1-15(2)7-10-23-20(27)19-14-24-18(13-25-19)16-3-5-17(6-4-16)32(30)22(21(28)26-29)8-11-31-12-9-22/h3-6,13-15,29H,7-12H2,1-2H3,(H,23,27)(H,26,28). The molecule has 1 fully saturated rings. The van der Waals surface area contributed by atoms with E-state index in [1.165, 1.54) is 12.4 Å². The molecule has 172 valence electrons. The van der Waals surface area contributed by atoms with E-state index in [2.05, 4.69) is 29.1 Å². The van der Waals surface area contributed by atoms with E-state index in [0.717, 1.165) is 12.0 Å². The number of amides is 2. The summed E-state index contributed by atoms with van der Waals surface area (Å²) in [6.07, 6.45) is 4.33. The van der Waals surface area contributed by atoms with Crippen molar-refractivity contribution in [2.75, 3.05) is 19.8 Å². The Kier molecular flexibility index (Phi) is 8.05. The molecule has 9 nitrogen and oxygen atoms in total. The minimum absolute atomic E-state index is 0.242. The maximum atomic E-state index is 13.2. The summed E-state index contributed by atoms with van der Waals surface area (Å²) in [6, 6.07) is 6.82. The van der Waals surface area contributed by atoms with Gasteiger partial charge in [-0.1, -0.05) is 26.0 Å². The Balaban J connectivity index is 1.72. The average Bonchev–Trinajstić information content (AvgIpc) is 2.83.